The molecule has 3 heterocycles. The summed E-state index contributed by atoms with van der Waals surface area (Å²) < 4.78 is 38.9. The predicted octanol–water partition coefficient (Wildman–Crippen LogP) is 7.06. The monoisotopic (exact) mass is 578 g/mol. The third-order valence-electron chi connectivity index (χ3n) is 8.47. The van der Waals surface area contributed by atoms with Gasteiger partial charge in [0.25, 0.3) is 0 Å². The molecule has 3 aliphatic rings. The van der Waals surface area contributed by atoms with Gasteiger partial charge in [-0.2, -0.15) is 0 Å². The molecule has 6 heteroatoms. The van der Waals surface area contributed by atoms with Crippen molar-refractivity contribution in [2.75, 3.05) is 6.61 Å². The van der Waals surface area contributed by atoms with Gasteiger partial charge in [-0.1, -0.05) is 115 Å². The molecule has 0 unspecified atom stereocenters. The zero-order valence-corrected chi connectivity index (χ0v) is 25.0. The van der Waals surface area contributed by atoms with Gasteiger partial charge in [-0.05, 0) is 55.5 Å². The molecule has 3 saturated heterocycles. The maximum absolute atomic E-state index is 7.19. The van der Waals surface area contributed by atoms with Gasteiger partial charge < -0.3 is 28.4 Å². The van der Waals surface area contributed by atoms with E-state index in [9.17, 15) is 0 Å². The normalized spacial score (nSPS) is 27.4. The molecule has 0 amide bonds. The lowest BCUT2D eigenvalue weighted by molar-refractivity contribution is -0.247. The molecule has 43 heavy (non-hydrogen) atoms. The van der Waals surface area contributed by atoms with Crippen LogP contribution in [0.3, 0.4) is 0 Å². The number of benzene rings is 4. The van der Waals surface area contributed by atoms with Gasteiger partial charge in [0.2, 0.25) is 0 Å². The lowest BCUT2D eigenvalue weighted by atomic mass is 9.79. The molecule has 0 saturated carbocycles. The third kappa shape index (κ3) is 5.33. The lowest BCUT2D eigenvalue weighted by Crippen LogP contribution is -2.56. The molecule has 0 N–H and O–H groups in total. The van der Waals surface area contributed by atoms with Crippen molar-refractivity contribution in [3.05, 3.63) is 132 Å². The molecule has 0 aromatic heterocycles. The molecule has 4 aromatic rings. The van der Waals surface area contributed by atoms with E-state index in [1.165, 1.54) is 5.56 Å². The molecule has 0 aliphatic carbocycles. The average molecular weight is 579 g/mol. The Bertz CT molecular complexity index is 1480. The van der Waals surface area contributed by atoms with Crippen molar-refractivity contribution in [1.82, 2.24) is 0 Å². The minimum Gasteiger partial charge on any atom is -0.358 e. The van der Waals surface area contributed by atoms with Crippen LogP contribution in [0.4, 0.5) is 0 Å². The Morgan fingerprint density at radius 1 is 0.535 bits per heavy atom. The van der Waals surface area contributed by atoms with E-state index in [0.29, 0.717) is 0 Å². The molecule has 4 aromatic carbocycles. The van der Waals surface area contributed by atoms with Crippen molar-refractivity contribution < 1.29 is 28.4 Å². The summed E-state index contributed by atoms with van der Waals surface area (Å²) in [7, 11) is 0. The summed E-state index contributed by atoms with van der Waals surface area (Å²) in [5.41, 5.74) is 4.44. The summed E-state index contributed by atoms with van der Waals surface area (Å²) in [6.45, 7) is 7.87. The average Bonchev–Trinajstić information content (AvgIpc) is 3.53. The predicted molar refractivity (Wildman–Crippen MR) is 163 cm³/mol. The van der Waals surface area contributed by atoms with Gasteiger partial charge in [0.15, 0.2) is 17.9 Å². The van der Waals surface area contributed by atoms with Gasteiger partial charge in [0, 0.05) is 0 Å². The van der Waals surface area contributed by atoms with Crippen LogP contribution in [0.5, 0.6) is 0 Å². The second-order valence-electron chi connectivity index (χ2n) is 12.4. The van der Waals surface area contributed by atoms with Crippen molar-refractivity contribution in [3.63, 3.8) is 0 Å². The Morgan fingerprint density at radius 2 is 1.00 bits per heavy atom. The molecule has 3 fully saturated rings. The van der Waals surface area contributed by atoms with Crippen LogP contribution < -0.4 is 0 Å². The molecule has 0 bridgehead atoms. The highest BCUT2D eigenvalue weighted by Gasteiger charge is 2.61. The van der Waals surface area contributed by atoms with Crippen LogP contribution in [0.1, 0.15) is 44.4 Å². The molecular formula is C37H38O6. The quantitative estimate of drug-likeness (QED) is 0.219. The first-order valence-corrected chi connectivity index (χ1v) is 15.0. The second kappa shape index (κ2) is 11.0. The smallest absolute Gasteiger partial charge is 0.190 e. The van der Waals surface area contributed by atoms with Crippen molar-refractivity contribution >= 4 is 0 Å². The van der Waals surface area contributed by atoms with Crippen molar-refractivity contribution in [2.24, 2.45) is 0 Å². The largest absolute Gasteiger partial charge is 0.358 e. The molecule has 0 spiro atoms. The van der Waals surface area contributed by atoms with Crippen LogP contribution in [0.2, 0.25) is 0 Å². The highest BCUT2D eigenvalue weighted by Crippen LogP contribution is 2.46. The van der Waals surface area contributed by atoms with E-state index in [1.54, 1.807) is 0 Å². The highest BCUT2D eigenvalue weighted by molar-refractivity contribution is 5.64. The maximum Gasteiger partial charge on any atom is 0.190 e. The summed E-state index contributed by atoms with van der Waals surface area (Å²) in [5.74, 6) is -1.57. The summed E-state index contributed by atoms with van der Waals surface area (Å²) in [6, 6.07) is 39.8. The van der Waals surface area contributed by atoms with E-state index >= 15 is 0 Å². The first-order chi connectivity index (χ1) is 20.7. The van der Waals surface area contributed by atoms with Crippen LogP contribution in [-0.4, -0.2) is 48.9 Å². The molecule has 0 radical (unpaired) electrons. The van der Waals surface area contributed by atoms with Crippen molar-refractivity contribution in [1.29, 1.82) is 0 Å². The van der Waals surface area contributed by atoms with E-state index in [-0.39, 0.29) is 12.7 Å². The van der Waals surface area contributed by atoms with Gasteiger partial charge in [-0.3, -0.25) is 0 Å². The number of rotatable bonds is 7. The molecule has 7 rings (SSSR count). The maximum atomic E-state index is 7.19. The Morgan fingerprint density at radius 3 is 1.60 bits per heavy atom. The zero-order valence-electron chi connectivity index (χ0n) is 25.0. The van der Waals surface area contributed by atoms with E-state index in [1.807, 2.05) is 45.9 Å². The Labute approximate surface area is 253 Å². The summed E-state index contributed by atoms with van der Waals surface area (Å²) in [5, 5.41) is 0. The summed E-state index contributed by atoms with van der Waals surface area (Å²) in [4.78, 5) is 0. The first-order valence-electron chi connectivity index (χ1n) is 15.0. The standard InChI is InChI=1S/C37H38O6/c1-35(2)40-31-30(39-34-33(32(31)41-35)42-36(3,4)43-34)24-38-37(27-16-10-6-11-17-27,28-18-12-7-13-19-28)29-22-20-26(21-23-29)25-14-8-5-9-15-25/h5-23,30-34H,24H2,1-4H3/t30-,31+,32+,33-,34-/m1/s1. The summed E-state index contributed by atoms with van der Waals surface area (Å²) >= 11 is 0. The minimum atomic E-state index is -0.922. The van der Waals surface area contributed by atoms with Gasteiger partial charge in [0.05, 0.1) is 6.61 Å². The fraction of sp³-hybridized carbons (Fsp3) is 0.351. The van der Waals surface area contributed by atoms with E-state index in [4.69, 9.17) is 28.4 Å². The van der Waals surface area contributed by atoms with E-state index in [0.717, 1.165) is 22.3 Å². The number of hydrogen-bond donors (Lipinski definition) is 0. The molecular weight excluding hydrogens is 540 g/mol. The van der Waals surface area contributed by atoms with Gasteiger partial charge in [-0.25, -0.2) is 0 Å². The third-order valence-corrected chi connectivity index (χ3v) is 8.47. The molecule has 222 valence electrons. The first kappa shape index (κ1) is 28.4. The SMILES string of the molecule is CC1(C)O[C@H]2[C@@H](O1)[C@@H](COC(c1ccccc1)(c1ccccc1)c1ccc(-c3ccccc3)cc1)O[C@@H]1OC(C)(C)O[C@@H]12. The Balaban J connectivity index is 1.29. The lowest BCUT2D eigenvalue weighted by Gasteiger charge is -2.41. The fourth-order valence-electron chi connectivity index (χ4n) is 6.66. The molecule has 5 atom stereocenters. The number of fused-ring (bicyclic) bond motifs is 3. The van der Waals surface area contributed by atoms with Gasteiger partial charge in [-0.15, -0.1) is 0 Å². The zero-order chi connectivity index (χ0) is 29.7. The van der Waals surface area contributed by atoms with Gasteiger partial charge >= 0.3 is 0 Å². The Kier molecular flexibility index (Phi) is 7.25. The van der Waals surface area contributed by atoms with E-state index < -0.39 is 41.8 Å². The van der Waals surface area contributed by atoms with Crippen LogP contribution in [-0.2, 0) is 34.0 Å². The number of ether oxygens (including phenoxy) is 6. The second-order valence-corrected chi connectivity index (χ2v) is 12.4. The van der Waals surface area contributed by atoms with Gasteiger partial charge in [0.1, 0.15) is 30.0 Å². The fourth-order valence-corrected chi connectivity index (χ4v) is 6.66. The van der Waals surface area contributed by atoms with E-state index in [2.05, 4.69) is 97.1 Å². The highest BCUT2D eigenvalue weighted by atomic mass is 16.9. The van der Waals surface area contributed by atoms with Crippen LogP contribution in [0.15, 0.2) is 115 Å². The molecule has 3 aliphatic heterocycles. The van der Waals surface area contributed by atoms with Crippen LogP contribution in [0.25, 0.3) is 11.1 Å². The Hall–Kier alpha value is -3.36. The van der Waals surface area contributed by atoms with Crippen molar-refractivity contribution in [2.45, 2.75) is 75.6 Å². The topological polar surface area (TPSA) is 55.4 Å². The number of hydrogen-bond acceptors (Lipinski definition) is 6. The molecule has 6 nitrogen and oxygen atoms in total. The van der Waals surface area contributed by atoms with Crippen LogP contribution >= 0.6 is 0 Å². The van der Waals surface area contributed by atoms with Crippen molar-refractivity contribution in [3.8, 4) is 11.1 Å². The summed E-state index contributed by atoms with van der Waals surface area (Å²) in [6.07, 6.45) is -2.18. The minimum absolute atomic E-state index is 0.234. The van der Waals surface area contributed by atoms with Crippen LogP contribution in [0, 0.1) is 0 Å².